The van der Waals surface area contributed by atoms with Gasteiger partial charge in [0, 0.05) is 13.1 Å². The molecular weight excluding hydrogens is 256 g/mol. The van der Waals surface area contributed by atoms with Crippen LogP contribution in [-0.2, 0) is 10.0 Å². The highest BCUT2D eigenvalue weighted by Crippen LogP contribution is 2.28. The fourth-order valence-electron chi connectivity index (χ4n) is 1.90. The van der Waals surface area contributed by atoms with Crippen LogP contribution in [0.5, 0.6) is 6.01 Å². The first-order valence-corrected chi connectivity index (χ1v) is 7.52. The molecule has 0 aromatic carbocycles. The van der Waals surface area contributed by atoms with Crippen LogP contribution >= 0.6 is 0 Å². The van der Waals surface area contributed by atoms with Gasteiger partial charge in [0.2, 0.25) is 10.0 Å². The summed E-state index contributed by atoms with van der Waals surface area (Å²) in [5, 5.41) is 0. The molecule has 0 unspecified atom stereocenters. The SMILES string of the molecule is COc1ncc(NS(C)(=O)=O)c(N2CCCC2)n1. The third-order valence-corrected chi connectivity index (χ3v) is 3.22. The lowest BCUT2D eigenvalue weighted by Gasteiger charge is -2.20. The molecule has 1 fully saturated rings. The monoisotopic (exact) mass is 272 g/mol. The lowest BCUT2D eigenvalue weighted by Crippen LogP contribution is -2.22. The van der Waals surface area contributed by atoms with Gasteiger partial charge >= 0.3 is 6.01 Å². The Morgan fingerprint density at radius 2 is 2.06 bits per heavy atom. The summed E-state index contributed by atoms with van der Waals surface area (Å²) >= 11 is 0. The van der Waals surface area contributed by atoms with E-state index in [1.165, 1.54) is 13.3 Å². The molecule has 0 atom stereocenters. The summed E-state index contributed by atoms with van der Waals surface area (Å²) in [6.07, 6.45) is 4.68. The standard InChI is InChI=1S/C10H16N4O3S/c1-17-10-11-7-8(13-18(2,15)16)9(12-10)14-5-3-4-6-14/h7,13H,3-6H2,1-2H3. The molecule has 1 aliphatic rings. The number of ether oxygens (including phenoxy) is 1. The summed E-state index contributed by atoms with van der Waals surface area (Å²) < 4.78 is 30.0. The van der Waals surface area contributed by atoms with Gasteiger partial charge in [-0.15, -0.1) is 0 Å². The molecule has 1 aromatic rings. The van der Waals surface area contributed by atoms with Crippen LogP contribution in [0, 0.1) is 0 Å². The number of nitrogens with one attached hydrogen (secondary N) is 1. The van der Waals surface area contributed by atoms with Crippen LogP contribution in [0.3, 0.4) is 0 Å². The fraction of sp³-hybridized carbons (Fsp3) is 0.600. The molecule has 100 valence electrons. The second-order valence-electron chi connectivity index (χ2n) is 4.16. The number of hydrogen-bond acceptors (Lipinski definition) is 6. The number of nitrogens with zero attached hydrogens (tertiary/aromatic N) is 3. The van der Waals surface area contributed by atoms with Crippen molar-refractivity contribution < 1.29 is 13.2 Å². The number of sulfonamides is 1. The Labute approximate surface area is 106 Å². The van der Waals surface area contributed by atoms with Crippen LogP contribution in [-0.4, -0.2) is 44.8 Å². The van der Waals surface area contributed by atoms with Gasteiger partial charge in [-0.05, 0) is 12.8 Å². The van der Waals surface area contributed by atoms with E-state index < -0.39 is 10.0 Å². The smallest absolute Gasteiger partial charge is 0.318 e. The molecule has 0 radical (unpaired) electrons. The van der Waals surface area contributed by atoms with Gasteiger partial charge in [0.1, 0.15) is 5.69 Å². The van der Waals surface area contributed by atoms with Crippen LogP contribution in [0.25, 0.3) is 0 Å². The van der Waals surface area contributed by atoms with Crippen molar-refractivity contribution in [3.63, 3.8) is 0 Å². The minimum atomic E-state index is -3.35. The van der Waals surface area contributed by atoms with E-state index in [2.05, 4.69) is 14.7 Å². The molecule has 0 spiro atoms. The number of methoxy groups -OCH3 is 1. The average Bonchev–Trinajstić information content (AvgIpc) is 2.81. The highest BCUT2D eigenvalue weighted by molar-refractivity contribution is 7.92. The number of rotatable bonds is 4. The highest BCUT2D eigenvalue weighted by Gasteiger charge is 2.20. The van der Waals surface area contributed by atoms with Crippen LogP contribution in [0.15, 0.2) is 6.20 Å². The maximum atomic E-state index is 11.3. The zero-order valence-electron chi connectivity index (χ0n) is 10.4. The Bertz CT molecular complexity index is 526. The summed E-state index contributed by atoms with van der Waals surface area (Å²) in [7, 11) is -1.87. The summed E-state index contributed by atoms with van der Waals surface area (Å²) in [5.41, 5.74) is 0.389. The second kappa shape index (κ2) is 4.97. The molecule has 0 aliphatic carbocycles. The Morgan fingerprint density at radius 3 is 2.61 bits per heavy atom. The van der Waals surface area contributed by atoms with Crippen LogP contribution in [0.2, 0.25) is 0 Å². The van der Waals surface area contributed by atoms with Gasteiger partial charge in [-0.2, -0.15) is 4.98 Å². The van der Waals surface area contributed by atoms with Crippen molar-refractivity contribution in [3.05, 3.63) is 6.20 Å². The van der Waals surface area contributed by atoms with E-state index >= 15 is 0 Å². The Kier molecular flexibility index (Phi) is 3.55. The molecule has 18 heavy (non-hydrogen) atoms. The van der Waals surface area contributed by atoms with Crippen molar-refractivity contribution in [2.75, 3.05) is 36.1 Å². The maximum Gasteiger partial charge on any atom is 0.318 e. The molecule has 1 N–H and O–H groups in total. The minimum absolute atomic E-state index is 0.232. The van der Waals surface area contributed by atoms with Crippen LogP contribution in [0.4, 0.5) is 11.5 Å². The van der Waals surface area contributed by atoms with E-state index in [1.54, 1.807) is 0 Å². The van der Waals surface area contributed by atoms with Gasteiger partial charge in [-0.25, -0.2) is 13.4 Å². The van der Waals surface area contributed by atoms with Gasteiger partial charge < -0.3 is 9.64 Å². The average molecular weight is 272 g/mol. The molecule has 8 heteroatoms. The van der Waals surface area contributed by atoms with E-state index in [0.29, 0.717) is 11.5 Å². The highest BCUT2D eigenvalue weighted by atomic mass is 32.2. The largest absolute Gasteiger partial charge is 0.467 e. The summed E-state index contributed by atoms with van der Waals surface area (Å²) in [6, 6.07) is 0.232. The van der Waals surface area contributed by atoms with E-state index in [-0.39, 0.29) is 6.01 Å². The van der Waals surface area contributed by atoms with E-state index in [0.717, 1.165) is 32.2 Å². The van der Waals surface area contributed by atoms with E-state index in [4.69, 9.17) is 4.74 Å². The fourth-order valence-corrected chi connectivity index (χ4v) is 2.44. The summed E-state index contributed by atoms with van der Waals surface area (Å²) in [4.78, 5) is 10.2. The number of anilines is 2. The molecular formula is C10H16N4O3S. The predicted octanol–water partition coefficient (Wildman–Crippen LogP) is 0.457. The molecule has 2 heterocycles. The first kappa shape index (κ1) is 12.9. The zero-order valence-corrected chi connectivity index (χ0v) is 11.2. The van der Waals surface area contributed by atoms with Gasteiger partial charge in [0.05, 0.1) is 19.6 Å². The summed E-state index contributed by atoms with van der Waals surface area (Å²) in [5.74, 6) is 0.574. The number of hydrogen-bond donors (Lipinski definition) is 1. The minimum Gasteiger partial charge on any atom is -0.467 e. The van der Waals surface area contributed by atoms with Crippen LogP contribution < -0.4 is 14.4 Å². The Morgan fingerprint density at radius 1 is 1.39 bits per heavy atom. The van der Waals surface area contributed by atoms with Gasteiger partial charge in [-0.3, -0.25) is 4.72 Å². The second-order valence-corrected chi connectivity index (χ2v) is 5.91. The predicted molar refractivity (Wildman–Crippen MR) is 68.5 cm³/mol. The topological polar surface area (TPSA) is 84.4 Å². The lowest BCUT2D eigenvalue weighted by atomic mass is 10.4. The third kappa shape index (κ3) is 3.00. The Hall–Kier alpha value is -1.57. The molecule has 0 amide bonds. The maximum absolute atomic E-state index is 11.3. The van der Waals surface area contributed by atoms with Gasteiger partial charge in [0.15, 0.2) is 5.82 Å². The molecule has 1 saturated heterocycles. The first-order valence-electron chi connectivity index (χ1n) is 5.63. The molecule has 1 aliphatic heterocycles. The van der Waals surface area contributed by atoms with Crippen LogP contribution in [0.1, 0.15) is 12.8 Å². The molecule has 0 bridgehead atoms. The molecule has 1 aromatic heterocycles. The Balaban J connectivity index is 2.37. The van der Waals surface area contributed by atoms with Crippen molar-refractivity contribution in [1.29, 1.82) is 0 Å². The van der Waals surface area contributed by atoms with Crippen molar-refractivity contribution in [2.45, 2.75) is 12.8 Å². The number of aromatic nitrogens is 2. The van der Waals surface area contributed by atoms with E-state index in [9.17, 15) is 8.42 Å². The lowest BCUT2D eigenvalue weighted by molar-refractivity contribution is 0.380. The van der Waals surface area contributed by atoms with E-state index in [1.807, 2.05) is 4.90 Å². The zero-order chi connectivity index (χ0) is 13.2. The normalized spacial score (nSPS) is 15.8. The molecule has 2 rings (SSSR count). The van der Waals surface area contributed by atoms with Gasteiger partial charge in [-0.1, -0.05) is 0 Å². The van der Waals surface area contributed by atoms with Crippen molar-refractivity contribution >= 4 is 21.5 Å². The third-order valence-electron chi connectivity index (χ3n) is 2.63. The summed E-state index contributed by atoms with van der Waals surface area (Å²) in [6.45, 7) is 1.72. The van der Waals surface area contributed by atoms with Gasteiger partial charge in [0.25, 0.3) is 0 Å². The first-order chi connectivity index (χ1) is 8.49. The van der Waals surface area contributed by atoms with Crippen molar-refractivity contribution in [3.8, 4) is 6.01 Å². The molecule has 0 saturated carbocycles. The van der Waals surface area contributed by atoms with Crippen molar-refractivity contribution in [1.82, 2.24) is 9.97 Å². The van der Waals surface area contributed by atoms with Crippen molar-refractivity contribution in [2.24, 2.45) is 0 Å². The quantitative estimate of drug-likeness (QED) is 0.857. The molecule has 7 nitrogen and oxygen atoms in total.